The fourth-order valence-corrected chi connectivity index (χ4v) is 5.43. The third-order valence-corrected chi connectivity index (χ3v) is 7.98. The fraction of sp³-hybridized carbons (Fsp3) is 1.00. The van der Waals surface area contributed by atoms with Gasteiger partial charge in [-0.2, -0.15) is 0 Å². The first-order valence-electron chi connectivity index (χ1n) is 15.6. The van der Waals surface area contributed by atoms with Gasteiger partial charge in [-0.25, -0.2) is 8.42 Å². The van der Waals surface area contributed by atoms with Crippen molar-refractivity contribution in [3.05, 3.63) is 0 Å². The van der Waals surface area contributed by atoms with E-state index in [2.05, 4.69) is 27.7 Å². The van der Waals surface area contributed by atoms with E-state index in [1.807, 2.05) is 6.92 Å². The van der Waals surface area contributed by atoms with Crippen LogP contribution in [0.5, 0.6) is 0 Å². The maximum atomic E-state index is 10.0. The van der Waals surface area contributed by atoms with Crippen LogP contribution in [0.4, 0.5) is 0 Å². The first-order chi connectivity index (χ1) is 16.8. The summed E-state index contributed by atoms with van der Waals surface area (Å²) in [7, 11) is -3.95. The molecule has 0 saturated carbocycles. The van der Waals surface area contributed by atoms with Gasteiger partial charge in [-0.3, -0.25) is 0 Å². The van der Waals surface area contributed by atoms with E-state index in [0.29, 0.717) is 6.42 Å². The second-order valence-electron chi connectivity index (χ2n) is 10.8. The van der Waals surface area contributed by atoms with Crippen LogP contribution < -0.4 is 0 Å². The average molecular weight is 520 g/mol. The first-order valence-corrected chi connectivity index (χ1v) is 17.2. The Morgan fingerprint density at radius 2 is 0.686 bits per heavy atom. The van der Waals surface area contributed by atoms with E-state index in [0.717, 1.165) is 19.3 Å². The van der Waals surface area contributed by atoms with Gasteiger partial charge >= 0.3 is 0 Å². The van der Waals surface area contributed by atoms with E-state index in [1.54, 1.807) is 0 Å². The van der Waals surface area contributed by atoms with Crippen molar-refractivity contribution in [2.24, 2.45) is 0 Å². The molecule has 0 aromatic carbocycles. The molecule has 0 aliphatic rings. The van der Waals surface area contributed by atoms with Crippen molar-refractivity contribution >= 4 is 10.1 Å². The molecule has 0 amide bonds. The molecule has 0 bridgehead atoms. The summed E-state index contributed by atoms with van der Waals surface area (Å²) < 4.78 is 31.6. The van der Waals surface area contributed by atoms with Crippen LogP contribution >= 0.6 is 0 Å². The Morgan fingerprint density at radius 1 is 0.429 bits per heavy atom. The van der Waals surface area contributed by atoms with Crippen LogP contribution in [0.2, 0.25) is 0 Å². The minimum absolute atomic E-state index is 0.201. The van der Waals surface area contributed by atoms with Gasteiger partial charge in [0.2, 0.25) is 0 Å². The Kier molecular flexibility index (Phi) is 28.5. The van der Waals surface area contributed by atoms with Crippen molar-refractivity contribution in [1.29, 1.82) is 0 Å². The highest BCUT2D eigenvalue weighted by Gasteiger charge is 2.25. The lowest BCUT2D eigenvalue weighted by Crippen LogP contribution is -2.50. The highest BCUT2D eigenvalue weighted by molar-refractivity contribution is 7.85. The van der Waals surface area contributed by atoms with Gasteiger partial charge in [-0.1, -0.05) is 105 Å². The molecule has 0 aromatic rings. The van der Waals surface area contributed by atoms with Crippen LogP contribution in [-0.2, 0) is 10.1 Å². The Hall–Kier alpha value is -0.130. The van der Waals surface area contributed by atoms with E-state index in [-0.39, 0.29) is 5.75 Å². The van der Waals surface area contributed by atoms with Gasteiger partial charge in [-0.15, -0.1) is 0 Å². The zero-order valence-corrected chi connectivity index (χ0v) is 25.6. The summed E-state index contributed by atoms with van der Waals surface area (Å²) in [6.07, 6.45) is 26.3. The SMILES string of the molecule is CCCCCCS(=O)(=O)[O-].CCCCCC[N+](CCCCCC)(CCCCCC)CCCCCC. The third-order valence-electron chi connectivity index (χ3n) is 7.19. The Morgan fingerprint density at radius 3 is 0.914 bits per heavy atom. The van der Waals surface area contributed by atoms with Crippen LogP contribution in [0.25, 0.3) is 0 Å². The van der Waals surface area contributed by atoms with Crippen molar-refractivity contribution in [2.75, 3.05) is 31.9 Å². The quantitative estimate of drug-likeness (QED) is 0.0686. The first kappa shape index (κ1) is 37.0. The highest BCUT2D eigenvalue weighted by Crippen LogP contribution is 2.19. The number of hydrogen-bond donors (Lipinski definition) is 0. The third kappa shape index (κ3) is 28.3. The van der Waals surface area contributed by atoms with Crippen molar-refractivity contribution in [1.82, 2.24) is 0 Å². The van der Waals surface area contributed by atoms with Crippen molar-refractivity contribution in [2.45, 2.75) is 163 Å². The lowest BCUT2D eigenvalue weighted by molar-refractivity contribution is -0.929. The van der Waals surface area contributed by atoms with Gasteiger partial charge in [0.1, 0.15) is 0 Å². The normalized spacial score (nSPS) is 11.9. The largest absolute Gasteiger partial charge is 0.748 e. The molecule has 0 atom stereocenters. The topological polar surface area (TPSA) is 57.2 Å². The number of nitrogens with zero attached hydrogens (tertiary/aromatic N) is 1. The molecule has 0 spiro atoms. The number of quaternary nitrogens is 1. The molecule has 0 saturated heterocycles. The van der Waals surface area contributed by atoms with Gasteiger partial charge in [0, 0.05) is 5.75 Å². The van der Waals surface area contributed by atoms with Gasteiger partial charge in [0.25, 0.3) is 0 Å². The van der Waals surface area contributed by atoms with Gasteiger partial charge in [0.05, 0.1) is 36.3 Å². The zero-order chi connectivity index (χ0) is 26.7. The van der Waals surface area contributed by atoms with Gasteiger partial charge in [0.15, 0.2) is 0 Å². The zero-order valence-electron chi connectivity index (χ0n) is 24.8. The van der Waals surface area contributed by atoms with E-state index < -0.39 is 10.1 Å². The summed E-state index contributed by atoms with van der Waals surface area (Å²) in [5.74, 6) is -0.201. The minimum atomic E-state index is -3.95. The van der Waals surface area contributed by atoms with Crippen LogP contribution in [0.3, 0.4) is 0 Å². The maximum absolute atomic E-state index is 10.0. The molecule has 0 radical (unpaired) electrons. The molecular formula is C30H65NO3S. The molecule has 0 heterocycles. The van der Waals surface area contributed by atoms with E-state index in [4.69, 9.17) is 0 Å². The smallest absolute Gasteiger partial charge is 0.0945 e. The molecular weight excluding hydrogens is 454 g/mol. The molecule has 0 fully saturated rings. The highest BCUT2D eigenvalue weighted by atomic mass is 32.2. The molecule has 0 N–H and O–H groups in total. The second-order valence-corrected chi connectivity index (χ2v) is 12.3. The van der Waals surface area contributed by atoms with Crippen molar-refractivity contribution in [3.63, 3.8) is 0 Å². The lowest BCUT2D eigenvalue weighted by atomic mass is 10.1. The summed E-state index contributed by atoms with van der Waals surface area (Å²) in [4.78, 5) is 0. The van der Waals surface area contributed by atoms with Crippen LogP contribution in [-0.4, -0.2) is 49.4 Å². The molecule has 214 valence electrons. The molecule has 0 aliphatic carbocycles. The number of rotatable bonds is 25. The van der Waals surface area contributed by atoms with Gasteiger partial charge < -0.3 is 9.04 Å². The predicted molar refractivity (Wildman–Crippen MR) is 155 cm³/mol. The Labute approximate surface area is 222 Å². The molecule has 0 unspecified atom stereocenters. The molecule has 5 heteroatoms. The average Bonchev–Trinajstić information content (AvgIpc) is 2.83. The number of hydrogen-bond acceptors (Lipinski definition) is 3. The van der Waals surface area contributed by atoms with E-state index in [9.17, 15) is 13.0 Å². The Bertz CT molecular complexity index is 454. The summed E-state index contributed by atoms with van der Waals surface area (Å²) in [6.45, 7) is 17.2. The van der Waals surface area contributed by atoms with Crippen molar-refractivity contribution in [3.8, 4) is 0 Å². The lowest BCUT2D eigenvalue weighted by Gasteiger charge is -2.39. The minimum Gasteiger partial charge on any atom is -0.748 e. The van der Waals surface area contributed by atoms with E-state index >= 15 is 0 Å². The maximum Gasteiger partial charge on any atom is 0.0945 e. The Balaban J connectivity index is 0. The van der Waals surface area contributed by atoms with Crippen LogP contribution in [0, 0.1) is 0 Å². The summed E-state index contributed by atoms with van der Waals surface area (Å²) in [5, 5.41) is 0. The molecule has 4 nitrogen and oxygen atoms in total. The second kappa shape index (κ2) is 26.9. The van der Waals surface area contributed by atoms with Crippen molar-refractivity contribution < 1.29 is 17.5 Å². The molecule has 0 rings (SSSR count). The van der Waals surface area contributed by atoms with Crippen LogP contribution in [0.1, 0.15) is 163 Å². The molecule has 35 heavy (non-hydrogen) atoms. The van der Waals surface area contributed by atoms with Gasteiger partial charge in [-0.05, 0) is 57.8 Å². The van der Waals surface area contributed by atoms with Crippen LogP contribution in [0.15, 0.2) is 0 Å². The molecule has 0 aromatic heterocycles. The monoisotopic (exact) mass is 519 g/mol. The van der Waals surface area contributed by atoms with E-state index in [1.165, 1.54) is 133 Å². The molecule has 0 aliphatic heterocycles. The fourth-order valence-electron chi connectivity index (χ4n) is 4.87. The standard InChI is InChI=1S/C24H52N.C6H14O3S/c1-5-9-13-17-21-25(22-18-14-10-6-2,23-19-15-11-7-3)24-20-16-12-8-4;1-2-3-4-5-6-10(7,8)9/h5-24H2,1-4H3;2-6H2,1H3,(H,7,8,9)/q+1;/p-1. The predicted octanol–water partition coefficient (Wildman–Crippen LogP) is 9.24. The summed E-state index contributed by atoms with van der Waals surface area (Å²) in [6, 6.07) is 0. The summed E-state index contributed by atoms with van der Waals surface area (Å²) in [5.41, 5.74) is 0. The number of unbranched alkanes of at least 4 members (excludes halogenated alkanes) is 15. The summed E-state index contributed by atoms with van der Waals surface area (Å²) >= 11 is 0.